The summed E-state index contributed by atoms with van der Waals surface area (Å²) in [6.07, 6.45) is 1.89. The summed E-state index contributed by atoms with van der Waals surface area (Å²) < 4.78 is 26.2. The highest BCUT2D eigenvalue weighted by atomic mass is 32.2. The highest BCUT2D eigenvalue weighted by molar-refractivity contribution is 7.89. The molecule has 1 heterocycles. The van der Waals surface area contributed by atoms with E-state index in [1.54, 1.807) is 0 Å². The zero-order chi connectivity index (χ0) is 14.0. The molecule has 2 rings (SSSR count). The monoisotopic (exact) mass is 284 g/mol. The Morgan fingerprint density at radius 3 is 2.47 bits per heavy atom. The first-order valence-electron chi connectivity index (χ1n) is 6.16. The molecule has 0 unspecified atom stereocenters. The Hall–Kier alpha value is -1.47. The number of benzene rings is 1. The lowest BCUT2D eigenvalue weighted by Gasteiger charge is -2.29. The van der Waals surface area contributed by atoms with E-state index in [0.717, 1.165) is 12.8 Å². The molecule has 6 nitrogen and oxygen atoms in total. The van der Waals surface area contributed by atoms with E-state index in [1.165, 1.54) is 28.6 Å². The Morgan fingerprint density at radius 1 is 1.32 bits per heavy atom. The van der Waals surface area contributed by atoms with Gasteiger partial charge in [-0.25, -0.2) is 8.42 Å². The molecule has 7 heteroatoms. The van der Waals surface area contributed by atoms with Crippen LogP contribution in [-0.4, -0.2) is 30.7 Å². The van der Waals surface area contributed by atoms with E-state index in [1.807, 2.05) is 6.92 Å². The molecule has 1 atom stereocenters. The lowest BCUT2D eigenvalue weighted by molar-refractivity contribution is -0.384. The van der Waals surface area contributed by atoms with Gasteiger partial charge in [0.25, 0.3) is 5.69 Å². The fraction of sp³-hybridized carbons (Fsp3) is 0.500. The van der Waals surface area contributed by atoms with Crippen LogP contribution in [0.15, 0.2) is 29.2 Å². The number of rotatable bonds is 3. The predicted octanol–water partition coefficient (Wildman–Crippen LogP) is 2.02. The topological polar surface area (TPSA) is 80.5 Å². The Labute approximate surface area is 112 Å². The van der Waals surface area contributed by atoms with Crippen LogP contribution < -0.4 is 0 Å². The van der Waals surface area contributed by atoms with Gasteiger partial charge in [0.05, 0.1) is 9.82 Å². The van der Waals surface area contributed by atoms with Gasteiger partial charge in [-0.15, -0.1) is 0 Å². The molecule has 0 N–H and O–H groups in total. The van der Waals surface area contributed by atoms with Crippen LogP contribution >= 0.6 is 0 Å². The predicted molar refractivity (Wildman–Crippen MR) is 70.3 cm³/mol. The van der Waals surface area contributed by atoms with E-state index in [4.69, 9.17) is 0 Å². The normalized spacial score (nSPS) is 21.2. The van der Waals surface area contributed by atoms with Crippen molar-refractivity contribution in [2.75, 3.05) is 13.1 Å². The van der Waals surface area contributed by atoms with Crippen molar-refractivity contribution in [3.63, 3.8) is 0 Å². The Kier molecular flexibility index (Phi) is 3.86. The van der Waals surface area contributed by atoms with Crippen molar-refractivity contribution in [2.24, 2.45) is 5.92 Å². The third-order valence-electron chi connectivity index (χ3n) is 3.31. The minimum Gasteiger partial charge on any atom is -0.258 e. The van der Waals surface area contributed by atoms with Gasteiger partial charge in [-0.2, -0.15) is 4.31 Å². The van der Waals surface area contributed by atoms with Crippen LogP contribution in [0.5, 0.6) is 0 Å². The molecule has 0 saturated carbocycles. The maximum Gasteiger partial charge on any atom is 0.269 e. The average Bonchev–Trinajstić information content (AvgIpc) is 2.39. The van der Waals surface area contributed by atoms with E-state index in [2.05, 4.69) is 0 Å². The molecule has 19 heavy (non-hydrogen) atoms. The first-order chi connectivity index (χ1) is 8.91. The van der Waals surface area contributed by atoms with Crippen LogP contribution in [0.2, 0.25) is 0 Å². The van der Waals surface area contributed by atoms with E-state index in [-0.39, 0.29) is 10.6 Å². The molecule has 0 spiro atoms. The molecule has 104 valence electrons. The molecular formula is C12H16N2O4S. The molecule has 0 aromatic heterocycles. The summed E-state index contributed by atoms with van der Waals surface area (Å²) in [4.78, 5) is 10.1. The fourth-order valence-corrected chi connectivity index (χ4v) is 3.85. The van der Waals surface area contributed by atoms with Gasteiger partial charge in [-0.05, 0) is 30.9 Å². The first-order valence-corrected chi connectivity index (χ1v) is 7.60. The molecule has 0 bridgehead atoms. The summed E-state index contributed by atoms with van der Waals surface area (Å²) in [5.41, 5.74) is -0.106. The number of non-ortho nitro benzene ring substituents is 1. The number of nitro groups is 1. The third-order valence-corrected chi connectivity index (χ3v) is 5.18. The smallest absolute Gasteiger partial charge is 0.258 e. The molecule has 1 aliphatic rings. The number of nitrogens with zero attached hydrogens (tertiary/aromatic N) is 2. The van der Waals surface area contributed by atoms with Crippen molar-refractivity contribution in [3.05, 3.63) is 34.4 Å². The minimum atomic E-state index is -3.53. The number of piperidine rings is 1. The Bertz CT molecular complexity index is 568. The second-order valence-corrected chi connectivity index (χ2v) is 6.80. The van der Waals surface area contributed by atoms with Gasteiger partial charge in [-0.3, -0.25) is 10.1 Å². The second kappa shape index (κ2) is 5.26. The maximum absolute atomic E-state index is 12.4. The van der Waals surface area contributed by atoms with Gasteiger partial charge >= 0.3 is 0 Å². The van der Waals surface area contributed by atoms with Crippen molar-refractivity contribution in [3.8, 4) is 0 Å². The number of hydrogen-bond donors (Lipinski definition) is 0. The standard InChI is InChI=1S/C12H16N2O4S/c1-10-3-2-8-13(9-10)19(17,18)12-6-4-11(5-7-12)14(15)16/h4-7,10H,2-3,8-9H2,1H3/t10-/m0/s1. The lowest BCUT2D eigenvalue weighted by atomic mass is 10.0. The van der Waals surface area contributed by atoms with E-state index in [0.29, 0.717) is 19.0 Å². The first kappa shape index (κ1) is 14.0. The number of nitro benzene ring substituents is 1. The zero-order valence-corrected chi connectivity index (χ0v) is 11.5. The van der Waals surface area contributed by atoms with Crippen molar-refractivity contribution in [1.82, 2.24) is 4.31 Å². The zero-order valence-electron chi connectivity index (χ0n) is 10.7. The summed E-state index contributed by atoms with van der Waals surface area (Å²) in [6, 6.07) is 5.04. The highest BCUT2D eigenvalue weighted by Crippen LogP contribution is 2.24. The quantitative estimate of drug-likeness (QED) is 0.628. The maximum atomic E-state index is 12.4. The molecule has 0 radical (unpaired) electrons. The van der Waals surface area contributed by atoms with Gasteiger partial charge in [0.2, 0.25) is 10.0 Å². The van der Waals surface area contributed by atoms with Gasteiger partial charge in [0, 0.05) is 25.2 Å². The van der Waals surface area contributed by atoms with Gasteiger partial charge in [0.1, 0.15) is 0 Å². The van der Waals surface area contributed by atoms with Crippen LogP contribution in [0.4, 0.5) is 5.69 Å². The van der Waals surface area contributed by atoms with E-state index < -0.39 is 14.9 Å². The second-order valence-electron chi connectivity index (χ2n) is 4.86. The van der Waals surface area contributed by atoms with Crippen molar-refractivity contribution < 1.29 is 13.3 Å². The molecule has 0 aliphatic carbocycles. The van der Waals surface area contributed by atoms with Gasteiger partial charge in [0.15, 0.2) is 0 Å². The third kappa shape index (κ3) is 2.93. The number of sulfonamides is 1. The van der Waals surface area contributed by atoms with Crippen molar-refractivity contribution in [2.45, 2.75) is 24.7 Å². The number of hydrogen-bond acceptors (Lipinski definition) is 4. The van der Waals surface area contributed by atoms with Crippen LogP contribution in [0, 0.1) is 16.0 Å². The molecule has 1 aliphatic heterocycles. The lowest BCUT2D eigenvalue weighted by Crippen LogP contribution is -2.39. The van der Waals surface area contributed by atoms with Crippen molar-refractivity contribution >= 4 is 15.7 Å². The molecule has 1 fully saturated rings. The summed E-state index contributed by atoms with van der Waals surface area (Å²) in [6.45, 7) is 3.06. The summed E-state index contributed by atoms with van der Waals surface area (Å²) in [7, 11) is -3.53. The van der Waals surface area contributed by atoms with Crippen molar-refractivity contribution in [1.29, 1.82) is 0 Å². The Balaban J connectivity index is 2.26. The average molecular weight is 284 g/mol. The summed E-state index contributed by atoms with van der Waals surface area (Å²) in [5.74, 6) is 0.349. The fourth-order valence-electron chi connectivity index (χ4n) is 2.25. The van der Waals surface area contributed by atoms with Gasteiger partial charge < -0.3 is 0 Å². The van der Waals surface area contributed by atoms with Crippen LogP contribution in [0.1, 0.15) is 19.8 Å². The van der Waals surface area contributed by atoms with Crippen LogP contribution in [-0.2, 0) is 10.0 Å². The highest BCUT2D eigenvalue weighted by Gasteiger charge is 2.28. The molecule has 1 aromatic rings. The van der Waals surface area contributed by atoms with Gasteiger partial charge in [-0.1, -0.05) is 6.92 Å². The Morgan fingerprint density at radius 2 is 1.95 bits per heavy atom. The SMILES string of the molecule is C[C@H]1CCCN(S(=O)(=O)c2ccc([N+](=O)[O-])cc2)C1. The summed E-state index contributed by atoms with van der Waals surface area (Å²) in [5, 5.41) is 10.6. The largest absolute Gasteiger partial charge is 0.269 e. The van der Waals surface area contributed by atoms with E-state index in [9.17, 15) is 18.5 Å². The minimum absolute atomic E-state index is 0.106. The molecule has 1 saturated heterocycles. The van der Waals surface area contributed by atoms with E-state index >= 15 is 0 Å². The van der Waals surface area contributed by atoms with Crippen LogP contribution in [0.25, 0.3) is 0 Å². The summed E-state index contributed by atoms with van der Waals surface area (Å²) >= 11 is 0. The van der Waals surface area contributed by atoms with Crippen LogP contribution in [0.3, 0.4) is 0 Å². The molecule has 1 aromatic carbocycles. The molecule has 0 amide bonds. The molecular weight excluding hydrogens is 268 g/mol.